The van der Waals surface area contributed by atoms with Crippen molar-refractivity contribution in [1.29, 1.82) is 0 Å². The van der Waals surface area contributed by atoms with Crippen LogP contribution in [-0.2, 0) is 0 Å². The van der Waals surface area contributed by atoms with Crippen LogP contribution in [0.2, 0.25) is 0 Å². The van der Waals surface area contributed by atoms with Crippen molar-refractivity contribution in [1.82, 2.24) is 15.1 Å². The van der Waals surface area contributed by atoms with Gasteiger partial charge < -0.3 is 15.2 Å². The highest BCUT2D eigenvalue weighted by Gasteiger charge is 2.28. The Morgan fingerprint density at radius 1 is 1.36 bits per heavy atom. The molecule has 1 fully saturated rings. The molecule has 0 amide bonds. The summed E-state index contributed by atoms with van der Waals surface area (Å²) >= 11 is 0. The van der Waals surface area contributed by atoms with Gasteiger partial charge in [-0.25, -0.2) is 0 Å². The number of carbonyl (C=O) groups is 1. The van der Waals surface area contributed by atoms with Crippen LogP contribution in [0.3, 0.4) is 0 Å². The topological polar surface area (TPSA) is 76.4 Å². The summed E-state index contributed by atoms with van der Waals surface area (Å²) in [7, 11) is 0. The lowest BCUT2D eigenvalue weighted by molar-refractivity contribution is 0.111. The van der Waals surface area contributed by atoms with E-state index in [0.29, 0.717) is 24.7 Å². The van der Waals surface area contributed by atoms with Gasteiger partial charge in [0.1, 0.15) is 18.1 Å². The molecule has 1 saturated carbocycles. The molecule has 2 heterocycles. The van der Waals surface area contributed by atoms with Crippen LogP contribution < -0.4 is 10.1 Å². The molecule has 25 heavy (non-hydrogen) atoms. The van der Waals surface area contributed by atoms with E-state index in [1.54, 1.807) is 12.1 Å². The summed E-state index contributed by atoms with van der Waals surface area (Å²) in [5, 5.41) is 17.7. The largest absolute Gasteiger partial charge is 0.507 e. The zero-order chi connectivity index (χ0) is 17.2. The zero-order valence-electron chi connectivity index (χ0n) is 13.9. The Kier molecular flexibility index (Phi) is 4.28. The number of aromatic nitrogens is 2. The van der Waals surface area contributed by atoms with E-state index < -0.39 is 0 Å². The molecule has 6 heteroatoms. The minimum atomic E-state index is -0.0566. The standard InChI is InChI=1S/C19H21N3O3/c23-11-16-18(24)2-1-3-19(16)25-12-13-6-8-20-10-15(13)17-7-9-21-22(17)14-4-5-14/h1-3,7,9,11,14,20,24H,4-6,8,10,12H2. The van der Waals surface area contributed by atoms with E-state index in [4.69, 9.17) is 4.74 Å². The van der Waals surface area contributed by atoms with Crippen LogP contribution in [0.4, 0.5) is 0 Å². The zero-order valence-corrected chi connectivity index (χ0v) is 13.9. The SMILES string of the molecule is O=Cc1c(O)cccc1OCC1=C(c2ccnn2C2CC2)CNCC1. The van der Waals surface area contributed by atoms with Crippen molar-refractivity contribution >= 4 is 11.9 Å². The van der Waals surface area contributed by atoms with Crippen LogP contribution in [0.5, 0.6) is 11.5 Å². The minimum Gasteiger partial charge on any atom is -0.507 e. The maximum atomic E-state index is 11.2. The van der Waals surface area contributed by atoms with Gasteiger partial charge >= 0.3 is 0 Å². The van der Waals surface area contributed by atoms with Gasteiger partial charge in [-0.2, -0.15) is 5.10 Å². The molecule has 2 N–H and O–H groups in total. The van der Waals surface area contributed by atoms with E-state index in [1.165, 1.54) is 30.1 Å². The maximum absolute atomic E-state index is 11.2. The molecule has 1 aromatic heterocycles. The number of nitrogens with one attached hydrogen (secondary N) is 1. The van der Waals surface area contributed by atoms with Crippen molar-refractivity contribution in [3.8, 4) is 11.5 Å². The van der Waals surface area contributed by atoms with Crippen LogP contribution >= 0.6 is 0 Å². The average Bonchev–Trinajstić information content (AvgIpc) is 3.37. The van der Waals surface area contributed by atoms with E-state index in [2.05, 4.69) is 21.2 Å². The number of phenolic OH excluding ortho intramolecular Hbond substituents is 1. The number of rotatable bonds is 6. The molecular weight excluding hydrogens is 318 g/mol. The third kappa shape index (κ3) is 3.17. The lowest BCUT2D eigenvalue weighted by Gasteiger charge is -2.23. The van der Waals surface area contributed by atoms with E-state index in [0.717, 1.165) is 25.2 Å². The number of ether oxygens (including phenoxy) is 1. The Morgan fingerprint density at radius 3 is 3.04 bits per heavy atom. The predicted molar refractivity (Wildman–Crippen MR) is 93.9 cm³/mol. The Bertz CT molecular complexity index is 821. The molecule has 2 aliphatic rings. The maximum Gasteiger partial charge on any atom is 0.157 e. The molecule has 0 bridgehead atoms. The molecule has 1 aromatic carbocycles. The molecule has 1 aliphatic carbocycles. The summed E-state index contributed by atoms with van der Waals surface area (Å²) in [4.78, 5) is 11.2. The predicted octanol–water partition coefficient (Wildman–Crippen LogP) is 2.56. The minimum absolute atomic E-state index is 0.0566. The number of nitrogens with zero attached hydrogens (tertiary/aromatic N) is 2. The molecule has 0 radical (unpaired) electrons. The van der Waals surface area contributed by atoms with Gasteiger partial charge in [-0.3, -0.25) is 9.48 Å². The van der Waals surface area contributed by atoms with Crippen LogP contribution in [0.1, 0.15) is 41.4 Å². The first-order chi connectivity index (χ1) is 12.3. The molecule has 0 spiro atoms. The fraction of sp³-hybridized carbons (Fsp3) is 0.368. The van der Waals surface area contributed by atoms with Crippen molar-refractivity contribution in [2.45, 2.75) is 25.3 Å². The first-order valence-corrected chi connectivity index (χ1v) is 8.63. The summed E-state index contributed by atoms with van der Waals surface area (Å²) in [6.07, 6.45) is 5.75. The Labute approximate surface area is 146 Å². The molecule has 0 atom stereocenters. The van der Waals surface area contributed by atoms with Crippen LogP contribution in [0, 0.1) is 0 Å². The molecule has 0 saturated heterocycles. The third-order valence-corrected chi connectivity index (χ3v) is 4.77. The van der Waals surface area contributed by atoms with E-state index in [-0.39, 0.29) is 11.3 Å². The van der Waals surface area contributed by atoms with Crippen molar-refractivity contribution in [3.05, 3.63) is 47.3 Å². The second kappa shape index (κ2) is 6.72. The summed E-state index contributed by atoms with van der Waals surface area (Å²) in [5.74, 6) is 0.356. The van der Waals surface area contributed by atoms with Crippen molar-refractivity contribution in [2.75, 3.05) is 19.7 Å². The number of hydrogen-bond donors (Lipinski definition) is 2. The second-order valence-corrected chi connectivity index (χ2v) is 6.50. The molecule has 130 valence electrons. The molecule has 1 aliphatic heterocycles. The smallest absolute Gasteiger partial charge is 0.157 e. The number of aromatic hydroxyl groups is 1. The first kappa shape index (κ1) is 15.9. The summed E-state index contributed by atoms with van der Waals surface area (Å²) in [5.41, 5.74) is 3.78. The quantitative estimate of drug-likeness (QED) is 0.791. The van der Waals surface area contributed by atoms with Crippen LogP contribution in [0.15, 0.2) is 36.0 Å². The van der Waals surface area contributed by atoms with Crippen LogP contribution in [0.25, 0.3) is 5.57 Å². The average molecular weight is 339 g/mol. The summed E-state index contributed by atoms with van der Waals surface area (Å²) < 4.78 is 8.00. The van der Waals surface area contributed by atoms with Gasteiger partial charge in [0.05, 0.1) is 17.3 Å². The fourth-order valence-electron chi connectivity index (χ4n) is 3.26. The van der Waals surface area contributed by atoms with Gasteiger partial charge in [0.25, 0.3) is 0 Å². The number of hydrogen-bond acceptors (Lipinski definition) is 5. The van der Waals surface area contributed by atoms with E-state index >= 15 is 0 Å². The normalized spacial score (nSPS) is 17.6. The highest BCUT2D eigenvalue weighted by molar-refractivity contribution is 5.83. The van der Waals surface area contributed by atoms with Gasteiger partial charge in [-0.05, 0) is 55.2 Å². The van der Waals surface area contributed by atoms with Crippen LogP contribution in [-0.4, -0.2) is 40.9 Å². The molecule has 4 rings (SSSR count). The lowest BCUT2D eigenvalue weighted by Crippen LogP contribution is -2.27. The fourth-order valence-corrected chi connectivity index (χ4v) is 3.26. The van der Waals surface area contributed by atoms with Gasteiger partial charge in [0, 0.05) is 12.7 Å². The van der Waals surface area contributed by atoms with Gasteiger partial charge in [-0.1, -0.05) is 6.07 Å². The number of phenols is 1. The Hall–Kier alpha value is -2.60. The van der Waals surface area contributed by atoms with Gasteiger partial charge in [-0.15, -0.1) is 0 Å². The summed E-state index contributed by atoms with van der Waals surface area (Å²) in [6, 6.07) is 7.46. The molecular formula is C19H21N3O3. The highest BCUT2D eigenvalue weighted by Crippen LogP contribution is 2.37. The van der Waals surface area contributed by atoms with E-state index in [1.807, 2.05) is 6.20 Å². The van der Waals surface area contributed by atoms with Crippen molar-refractivity contribution in [2.24, 2.45) is 0 Å². The molecule has 0 unspecified atom stereocenters. The third-order valence-electron chi connectivity index (χ3n) is 4.77. The molecule has 2 aromatic rings. The monoisotopic (exact) mass is 339 g/mol. The Morgan fingerprint density at radius 2 is 2.24 bits per heavy atom. The number of benzene rings is 1. The van der Waals surface area contributed by atoms with Crippen molar-refractivity contribution in [3.63, 3.8) is 0 Å². The van der Waals surface area contributed by atoms with Gasteiger partial charge in [0.15, 0.2) is 6.29 Å². The van der Waals surface area contributed by atoms with E-state index in [9.17, 15) is 9.90 Å². The Balaban J connectivity index is 1.61. The summed E-state index contributed by atoms with van der Waals surface area (Å²) in [6.45, 7) is 2.09. The number of carbonyl (C=O) groups excluding carboxylic acids is 1. The highest BCUT2D eigenvalue weighted by atomic mass is 16.5. The first-order valence-electron chi connectivity index (χ1n) is 8.63. The second-order valence-electron chi connectivity index (χ2n) is 6.50. The van der Waals surface area contributed by atoms with Gasteiger partial charge in [0.2, 0.25) is 0 Å². The van der Waals surface area contributed by atoms with Crippen molar-refractivity contribution < 1.29 is 14.6 Å². The number of aldehydes is 1. The lowest BCUT2D eigenvalue weighted by atomic mass is 9.99. The molecule has 6 nitrogen and oxygen atoms in total.